The van der Waals surface area contributed by atoms with E-state index in [0.717, 1.165) is 47.9 Å². The summed E-state index contributed by atoms with van der Waals surface area (Å²) in [7, 11) is 1.91. The van der Waals surface area contributed by atoms with Crippen LogP contribution in [0.2, 0.25) is 0 Å². The van der Waals surface area contributed by atoms with Crippen molar-refractivity contribution in [2.45, 2.75) is 38.6 Å². The number of nitrogens with zero attached hydrogens (tertiary/aromatic N) is 7. The molecule has 0 N–H and O–H groups in total. The van der Waals surface area contributed by atoms with Crippen molar-refractivity contribution in [3.63, 3.8) is 0 Å². The lowest BCUT2D eigenvalue weighted by atomic mass is 9.78. The second kappa shape index (κ2) is 8.02. The Hall–Kier alpha value is -3.00. The van der Waals surface area contributed by atoms with Gasteiger partial charge < -0.3 is 4.74 Å². The molecule has 0 amide bonds. The first kappa shape index (κ1) is 19.0. The van der Waals surface area contributed by atoms with Gasteiger partial charge in [-0.05, 0) is 32.1 Å². The molecule has 1 atom stereocenters. The van der Waals surface area contributed by atoms with Crippen LogP contribution in [0.4, 0.5) is 0 Å². The Labute approximate surface area is 175 Å². The van der Waals surface area contributed by atoms with E-state index in [1.807, 2.05) is 49.2 Å². The molecule has 1 aliphatic carbocycles. The third-order valence-electron chi connectivity index (χ3n) is 6.05. The van der Waals surface area contributed by atoms with E-state index in [0.29, 0.717) is 12.0 Å². The Kier molecular flexibility index (Phi) is 5.08. The molecule has 30 heavy (non-hydrogen) atoms. The van der Waals surface area contributed by atoms with Gasteiger partial charge in [-0.15, -0.1) is 0 Å². The van der Waals surface area contributed by atoms with E-state index in [9.17, 15) is 0 Å². The fourth-order valence-electron chi connectivity index (χ4n) is 4.22. The normalized spacial score (nSPS) is 15.5. The van der Waals surface area contributed by atoms with Crippen molar-refractivity contribution in [3.05, 3.63) is 43.2 Å². The van der Waals surface area contributed by atoms with Crippen LogP contribution in [0, 0.1) is 5.92 Å². The predicted molar refractivity (Wildman–Crippen MR) is 114 cm³/mol. The van der Waals surface area contributed by atoms with Crippen LogP contribution < -0.4 is 0 Å². The molecule has 5 rings (SSSR count). The highest BCUT2D eigenvalue weighted by Crippen LogP contribution is 2.38. The van der Waals surface area contributed by atoms with Gasteiger partial charge in [0.1, 0.15) is 11.5 Å². The number of hydrogen-bond donors (Lipinski definition) is 0. The zero-order chi connectivity index (χ0) is 20.5. The van der Waals surface area contributed by atoms with Crippen LogP contribution in [-0.2, 0) is 11.8 Å². The van der Waals surface area contributed by atoms with E-state index in [1.54, 1.807) is 10.9 Å². The zero-order valence-corrected chi connectivity index (χ0v) is 17.5. The van der Waals surface area contributed by atoms with Crippen molar-refractivity contribution in [3.8, 4) is 22.6 Å². The summed E-state index contributed by atoms with van der Waals surface area (Å²) in [5, 5.41) is 9.03. The summed E-state index contributed by atoms with van der Waals surface area (Å²) < 4.78 is 11.6. The summed E-state index contributed by atoms with van der Waals surface area (Å²) in [4.78, 5) is 9.44. The van der Waals surface area contributed by atoms with Gasteiger partial charge in [-0.1, -0.05) is 6.42 Å². The van der Waals surface area contributed by atoms with Gasteiger partial charge in [0.15, 0.2) is 0 Å². The van der Waals surface area contributed by atoms with Crippen LogP contribution in [0.1, 0.15) is 38.6 Å². The Balaban J connectivity index is 1.51. The molecule has 0 spiro atoms. The average Bonchev–Trinajstić information content (AvgIpc) is 3.45. The van der Waals surface area contributed by atoms with Crippen LogP contribution in [0.25, 0.3) is 28.3 Å². The molecule has 4 aromatic rings. The molecule has 0 aliphatic heterocycles. The van der Waals surface area contributed by atoms with E-state index in [2.05, 4.69) is 21.0 Å². The fourth-order valence-corrected chi connectivity index (χ4v) is 4.22. The van der Waals surface area contributed by atoms with Gasteiger partial charge >= 0.3 is 0 Å². The summed E-state index contributed by atoms with van der Waals surface area (Å²) >= 11 is 0. The largest absolute Gasteiger partial charge is 0.382 e. The summed E-state index contributed by atoms with van der Waals surface area (Å²) in [6.07, 6.45) is 16.4. The molecule has 1 saturated carbocycles. The maximum Gasteiger partial charge on any atom is 0.149 e. The number of imidazole rings is 1. The van der Waals surface area contributed by atoms with Crippen LogP contribution in [0.5, 0.6) is 0 Å². The smallest absolute Gasteiger partial charge is 0.149 e. The minimum atomic E-state index is 0.374. The summed E-state index contributed by atoms with van der Waals surface area (Å²) in [5.41, 5.74) is 3.68. The number of hydrogen-bond acceptors (Lipinski definition) is 5. The molecule has 1 unspecified atom stereocenters. The molecule has 8 heteroatoms. The predicted octanol–water partition coefficient (Wildman–Crippen LogP) is 3.76. The Bertz CT molecular complexity index is 1140. The van der Waals surface area contributed by atoms with Crippen molar-refractivity contribution in [2.75, 3.05) is 13.2 Å². The average molecular weight is 406 g/mol. The number of aromatic nitrogens is 7. The van der Waals surface area contributed by atoms with Crippen LogP contribution >= 0.6 is 0 Å². The van der Waals surface area contributed by atoms with Crippen molar-refractivity contribution < 1.29 is 4.74 Å². The minimum Gasteiger partial charge on any atom is -0.382 e. The quantitative estimate of drug-likeness (QED) is 0.417. The van der Waals surface area contributed by atoms with E-state index in [-0.39, 0.29) is 0 Å². The van der Waals surface area contributed by atoms with E-state index < -0.39 is 0 Å². The number of fused-ring (bicyclic) bond motifs is 1. The van der Waals surface area contributed by atoms with Gasteiger partial charge in [0, 0.05) is 56.7 Å². The molecule has 4 heterocycles. The molecule has 8 nitrogen and oxygen atoms in total. The highest BCUT2D eigenvalue weighted by Gasteiger charge is 2.29. The molecule has 0 radical (unpaired) electrons. The first-order chi connectivity index (χ1) is 14.7. The number of ether oxygens (including phenoxy) is 1. The highest BCUT2D eigenvalue weighted by molar-refractivity contribution is 5.68. The van der Waals surface area contributed by atoms with Gasteiger partial charge in [0.25, 0.3) is 0 Å². The lowest BCUT2D eigenvalue weighted by Crippen LogP contribution is -2.26. The first-order valence-corrected chi connectivity index (χ1v) is 10.7. The molecule has 156 valence electrons. The number of aryl methyl sites for hydroxylation is 1. The van der Waals surface area contributed by atoms with Gasteiger partial charge in [0.2, 0.25) is 0 Å². The first-order valence-electron chi connectivity index (χ1n) is 10.7. The Morgan fingerprint density at radius 2 is 2.03 bits per heavy atom. The molecular weight excluding hydrogens is 378 g/mol. The van der Waals surface area contributed by atoms with Gasteiger partial charge in [-0.2, -0.15) is 10.2 Å². The molecule has 0 saturated heterocycles. The van der Waals surface area contributed by atoms with Gasteiger partial charge in [-0.3, -0.25) is 13.8 Å². The van der Waals surface area contributed by atoms with Gasteiger partial charge in [0.05, 0.1) is 29.7 Å². The van der Waals surface area contributed by atoms with Crippen LogP contribution in [-0.4, -0.2) is 47.1 Å². The zero-order valence-electron chi connectivity index (χ0n) is 17.5. The highest BCUT2D eigenvalue weighted by atomic mass is 16.5. The Morgan fingerprint density at radius 1 is 1.17 bits per heavy atom. The molecule has 1 aliphatic rings. The van der Waals surface area contributed by atoms with Crippen molar-refractivity contribution in [2.24, 2.45) is 13.0 Å². The maximum atomic E-state index is 5.64. The van der Waals surface area contributed by atoms with E-state index in [1.165, 1.54) is 19.3 Å². The van der Waals surface area contributed by atoms with Crippen molar-refractivity contribution in [1.82, 2.24) is 33.9 Å². The summed E-state index contributed by atoms with van der Waals surface area (Å²) in [6, 6.07) is 2.36. The third kappa shape index (κ3) is 3.52. The van der Waals surface area contributed by atoms with E-state index >= 15 is 0 Å². The SMILES string of the molecule is CCOCCC(C1CCC1)n1cc(-c2nc(-c3cnn(C)c3)cc3nccn23)cn1. The monoisotopic (exact) mass is 405 g/mol. The molecule has 0 aromatic carbocycles. The maximum absolute atomic E-state index is 5.64. The van der Waals surface area contributed by atoms with Crippen LogP contribution in [0.15, 0.2) is 43.2 Å². The fraction of sp³-hybridized carbons (Fsp3) is 0.455. The molecular formula is C22H27N7O. The molecule has 0 bridgehead atoms. The summed E-state index contributed by atoms with van der Waals surface area (Å²) in [5.74, 6) is 1.52. The van der Waals surface area contributed by atoms with Gasteiger partial charge in [-0.25, -0.2) is 9.97 Å². The standard InChI is InChI=1S/C22H27N7O/c1-3-30-10-7-20(16-5-4-6-16)29-15-18(13-25-29)22-26-19(17-12-24-27(2)14-17)11-21-23-8-9-28(21)22/h8-9,11-16,20H,3-7,10H2,1-2H3. The topological polar surface area (TPSA) is 75.1 Å². The van der Waals surface area contributed by atoms with E-state index in [4.69, 9.17) is 14.8 Å². The Morgan fingerprint density at radius 3 is 2.77 bits per heavy atom. The second-order valence-corrected chi connectivity index (χ2v) is 7.98. The number of rotatable bonds is 8. The van der Waals surface area contributed by atoms with Crippen LogP contribution in [0.3, 0.4) is 0 Å². The van der Waals surface area contributed by atoms with Crippen molar-refractivity contribution >= 4 is 5.65 Å². The molecule has 1 fully saturated rings. The molecule has 4 aromatic heterocycles. The third-order valence-corrected chi connectivity index (χ3v) is 6.05. The second-order valence-electron chi connectivity index (χ2n) is 7.98. The summed E-state index contributed by atoms with van der Waals surface area (Å²) in [6.45, 7) is 3.57. The minimum absolute atomic E-state index is 0.374. The lowest BCUT2D eigenvalue weighted by Gasteiger charge is -2.34. The van der Waals surface area contributed by atoms with Crippen molar-refractivity contribution in [1.29, 1.82) is 0 Å². The lowest BCUT2D eigenvalue weighted by molar-refractivity contribution is 0.102.